The summed E-state index contributed by atoms with van der Waals surface area (Å²) in [5.41, 5.74) is 2.70. The average molecular weight is 476 g/mol. The van der Waals surface area contributed by atoms with Crippen LogP contribution < -0.4 is 5.32 Å². The fraction of sp³-hybridized carbons (Fsp3) is 0.160. The summed E-state index contributed by atoms with van der Waals surface area (Å²) in [6.45, 7) is 4.48. The predicted molar refractivity (Wildman–Crippen MR) is 128 cm³/mol. The van der Waals surface area contributed by atoms with E-state index in [-0.39, 0.29) is 27.3 Å². The molecule has 34 heavy (non-hydrogen) atoms. The lowest BCUT2D eigenvalue weighted by Gasteiger charge is -2.11. The van der Waals surface area contributed by atoms with Crippen molar-refractivity contribution in [3.05, 3.63) is 89.7 Å². The van der Waals surface area contributed by atoms with Crippen LogP contribution in [0.4, 0.5) is 10.2 Å². The van der Waals surface area contributed by atoms with Gasteiger partial charge in [-0.2, -0.15) is 4.52 Å². The molecular weight excluding hydrogens is 453 g/mol. The second kappa shape index (κ2) is 8.49. The standard InChI is InChI=1S/C25H22FN5O2S/c1-16(2)18-9-13-20(14-10-18)34(32,33)25-24-28-23(27-15-17-7-11-19(26)12-8-17)21-5-3-4-6-22(21)31(24)30-29-25/h3-14,16H,15H2,1-2H3,(H,27,28). The summed E-state index contributed by atoms with van der Waals surface area (Å²) in [6.07, 6.45) is 0. The number of nitrogens with one attached hydrogen (secondary N) is 1. The third-order valence-corrected chi connectivity index (χ3v) is 7.37. The number of hydrogen-bond acceptors (Lipinski definition) is 6. The molecule has 0 atom stereocenters. The highest BCUT2D eigenvalue weighted by Gasteiger charge is 2.27. The normalized spacial score (nSPS) is 12.0. The first-order valence-electron chi connectivity index (χ1n) is 10.8. The molecular formula is C25H22FN5O2S. The zero-order chi connectivity index (χ0) is 23.9. The Morgan fingerprint density at radius 1 is 0.971 bits per heavy atom. The van der Waals surface area contributed by atoms with E-state index in [2.05, 4.69) is 20.6 Å². The molecule has 3 aromatic carbocycles. The van der Waals surface area contributed by atoms with Gasteiger partial charge in [0.15, 0.2) is 5.65 Å². The van der Waals surface area contributed by atoms with Crippen LogP contribution in [0.1, 0.15) is 30.9 Å². The first-order chi connectivity index (χ1) is 16.3. The van der Waals surface area contributed by atoms with Gasteiger partial charge in [0.25, 0.3) is 0 Å². The van der Waals surface area contributed by atoms with Crippen LogP contribution in [-0.2, 0) is 16.4 Å². The molecule has 0 aliphatic carbocycles. The number of anilines is 1. The highest BCUT2D eigenvalue weighted by Crippen LogP contribution is 2.29. The Labute approximate surface area is 196 Å². The number of para-hydroxylation sites is 1. The number of halogens is 1. The molecule has 0 aliphatic heterocycles. The second-order valence-electron chi connectivity index (χ2n) is 8.31. The molecule has 0 amide bonds. The Bertz CT molecular complexity index is 1600. The fourth-order valence-corrected chi connectivity index (χ4v) is 5.02. The monoisotopic (exact) mass is 475 g/mol. The van der Waals surface area contributed by atoms with E-state index >= 15 is 0 Å². The largest absolute Gasteiger partial charge is 0.365 e. The maximum atomic E-state index is 13.4. The lowest BCUT2D eigenvalue weighted by Crippen LogP contribution is -2.07. The fourth-order valence-electron chi connectivity index (χ4n) is 3.79. The van der Waals surface area contributed by atoms with Crippen LogP contribution in [0.5, 0.6) is 0 Å². The maximum Gasteiger partial charge on any atom is 0.229 e. The molecule has 0 fully saturated rings. The summed E-state index contributed by atoms with van der Waals surface area (Å²) >= 11 is 0. The van der Waals surface area contributed by atoms with Gasteiger partial charge in [-0.3, -0.25) is 0 Å². The van der Waals surface area contributed by atoms with Gasteiger partial charge in [0, 0.05) is 11.9 Å². The molecule has 2 heterocycles. The van der Waals surface area contributed by atoms with Gasteiger partial charge in [-0.15, -0.1) is 5.10 Å². The number of benzene rings is 3. The van der Waals surface area contributed by atoms with E-state index in [1.54, 1.807) is 24.3 Å². The molecule has 172 valence electrons. The third kappa shape index (κ3) is 3.88. The van der Waals surface area contributed by atoms with E-state index < -0.39 is 9.84 Å². The van der Waals surface area contributed by atoms with E-state index in [4.69, 9.17) is 0 Å². The summed E-state index contributed by atoms with van der Waals surface area (Å²) < 4.78 is 41.6. The lowest BCUT2D eigenvalue weighted by molar-refractivity contribution is 0.592. The van der Waals surface area contributed by atoms with Crippen molar-refractivity contribution in [2.24, 2.45) is 0 Å². The van der Waals surface area contributed by atoms with Gasteiger partial charge in [-0.25, -0.2) is 17.8 Å². The molecule has 0 unspecified atom stereocenters. The van der Waals surface area contributed by atoms with E-state index in [1.165, 1.54) is 16.6 Å². The topological polar surface area (TPSA) is 89.2 Å². The molecule has 1 N–H and O–H groups in total. The molecule has 0 bridgehead atoms. The van der Waals surface area contributed by atoms with Crippen LogP contribution in [-0.4, -0.2) is 28.2 Å². The Kier molecular flexibility index (Phi) is 5.49. The SMILES string of the molecule is CC(C)c1ccc(S(=O)(=O)c2nnn3c2nc(NCc2ccc(F)cc2)c2ccccc23)cc1. The van der Waals surface area contributed by atoms with E-state index in [0.717, 1.165) is 16.5 Å². The molecule has 2 aromatic heterocycles. The van der Waals surface area contributed by atoms with Crippen LogP contribution in [0.2, 0.25) is 0 Å². The van der Waals surface area contributed by atoms with Crippen LogP contribution in [0, 0.1) is 5.82 Å². The van der Waals surface area contributed by atoms with Crippen molar-refractivity contribution in [1.29, 1.82) is 0 Å². The molecule has 7 nitrogen and oxygen atoms in total. The molecule has 0 saturated heterocycles. The number of fused-ring (bicyclic) bond motifs is 3. The van der Waals surface area contributed by atoms with Gasteiger partial charge >= 0.3 is 0 Å². The molecule has 5 rings (SSSR count). The smallest absolute Gasteiger partial charge is 0.229 e. The van der Waals surface area contributed by atoms with Crippen LogP contribution >= 0.6 is 0 Å². The minimum absolute atomic E-state index is 0.133. The summed E-state index contributed by atoms with van der Waals surface area (Å²) in [5.74, 6) is 0.464. The Balaban J connectivity index is 1.61. The number of nitrogens with zero attached hydrogens (tertiary/aromatic N) is 4. The molecule has 0 saturated carbocycles. The molecule has 9 heteroatoms. The zero-order valence-corrected chi connectivity index (χ0v) is 19.4. The van der Waals surface area contributed by atoms with Crippen molar-refractivity contribution in [3.8, 4) is 0 Å². The highest BCUT2D eigenvalue weighted by atomic mass is 32.2. The summed E-state index contributed by atoms with van der Waals surface area (Å²) in [6, 6.07) is 20.3. The molecule has 5 aromatic rings. The van der Waals surface area contributed by atoms with Crippen LogP contribution in [0.3, 0.4) is 0 Å². The minimum atomic E-state index is -3.95. The van der Waals surface area contributed by atoms with Gasteiger partial charge in [0.05, 0.1) is 10.4 Å². The van der Waals surface area contributed by atoms with E-state index in [9.17, 15) is 12.8 Å². The third-order valence-electron chi connectivity index (χ3n) is 5.71. The Hall–Kier alpha value is -3.85. The minimum Gasteiger partial charge on any atom is -0.365 e. The Morgan fingerprint density at radius 2 is 1.68 bits per heavy atom. The average Bonchev–Trinajstić information content (AvgIpc) is 3.28. The van der Waals surface area contributed by atoms with Crippen molar-refractivity contribution in [3.63, 3.8) is 0 Å². The van der Waals surface area contributed by atoms with Gasteiger partial charge in [-0.1, -0.05) is 55.5 Å². The van der Waals surface area contributed by atoms with E-state index in [0.29, 0.717) is 17.9 Å². The zero-order valence-electron chi connectivity index (χ0n) is 18.6. The van der Waals surface area contributed by atoms with Gasteiger partial charge in [0.1, 0.15) is 11.6 Å². The molecule has 0 aliphatic rings. The number of sulfone groups is 1. The first-order valence-corrected chi connectivity index (χ1v) is 12.3. The Morgan fingerprint density at radius 3 is 2.38 bits per heavy atom. The first kappa shape index (κ1) is 22.0. The van der Waals surface area contributed by atoms with Gasteiger partial charge in [-0.05, 0) is 53.4 Å². The predicted octanol–water partition coefficient (Wildman–Crippen LogP) is 4.98. The summed E-state index contributed by atoms with van der Waals surface area (Å²) in [4.78, 5) is 4.74. The van der Waals surface area contributed by atoms with Crippen molar-refractivity contribution in [2.75, 3.05) is 5.32 Å². The maximum absolute atomic E-state index is 13.4. The second-order valence-corrected chi connectivity index (χ2v) is 10.2. The summed E-state index contributed by atoms with van der Waals surface area (Å²) in [5, 5.41) is 11.9. The van der Waals surface area contributed by atoms with Crippen molar-refractivity contribution >= 4 is 32.2 Å². The van der Waals surface area contributed by atoms with Crippen molar-refractivity contribution < 1.29 is 12.8 Å². The quantitative estimate of drug-likeness (QED) is 0.372. The number of hydrogen-bond donors (Lipinski definition) is 1. The van der Waals surface area contributed by atoms with Gasteiger partial charge < -0.3 is 5.32 Å². The van der Waals surface area contributed by atoms with E-state index in [1.807, 2.05) is 50.2 Å². The van der Waals surface area contributed by atoms with Crippen LogP contribution in [0.25, 0.3) is 16.6 Å². The van der Waals surface area contributed by atoms with Gasteiger partial charge in [0.2, 0.25) is 14.9 Å². The molecule has 0 spiro atoms. The number of aromatic nitrogens is 4. The summed E-state index contributed by atoms with van der Waals surface area (Å²) in [7, 11) is -3.95. The van der Waals surface area contributed by atoms with Crippen molar-refractivity contribution in [2.45, 2.75) is 36.2 Å². The van der Waals surface area contributed by atoms with Crippen LogP contribution in [0.15, 0.2) is 82.7 Å². The number of rotatable bonds is 6. The molecule has 0 radical (unpaired) electrons. The highest BCUT2D eigenvalue weighted by molar-refractivity contribution is 7.91. The lowest BCUT2D eigenvalue weighted by atomic mass is 10.0. The van der Waals surface area contributed by atoms with Crippen molar-refractivity contribution in [1.82, 2.24) is 19.8 Å².